The van der Waals surface area contributed by atoms with Crippen molar-refractivity contribution in [3.05, 3.63) is 89.0 Å². The quantitative estimate of drug-likeness (QED) is 0.276. The van der Waals surface area contributed by atoms with Gasteiger partial charge in [0.15, 0.2) is 11.6 Å². The van der Waals surface area contributed by atoms with Gasteiger partial charge in [0.2, 0.25) is 6.20 Å². The third kappa shape index (κ3) is 3.77. The summed E-state index contributed by atoms with van der Waals surface area (Å²) in [5, 5.41) is 16.3. The first-order valence-corrected chi connectivity index (χ1v) is 9.29. The number of nitrogens with zero attached hydrogens (tertiary/aromatic N) is 3. The number of methoxy groups -OCH3 is 1. The molecule has 0 aliphatic carbocycles. The summed E-state index contributed by atoms with van der Waals surface area (Å²) in [6.45, 7) is 1.70. The molecule has 0 bridgehead atoms. The van der Waals surface area contributed by atoms with E-state index in [9.17, 15) is 18.8 Å². The largest absolute Gasteiger partial charge is 0.618 e. The van der Waals surface area contributed by atoms with E-state index in [0.717, 1.165) is 18.3 Å². The van der Waals surface area contributed by atoms with Crippen LogP contribution in [0, 0.1) is 16.8 Å². The lowest BCUT2D eigenvalue weighted by Crippen LogP contribution is -2.28. The van der Waals surface area contributed by atoms with E-state index in [1.807, 2.05) is 0 Å². The molecule has 1 atom stereocenters. The summed E-state index contributed by atoms with van der Waals surface area (Å²) in [6, 6.07) is 9.72. The van der Waals surface area contributed by atoms with Crippen LogP contribution in [0.2, 0.25) is 0 Å². The molecule has 0 unspecified atom stereocenters. The number of esters is 1. The average Bonchev–Trinajstić information content (AvgIpc) is 3.30. The van der Waals surface area contributed by atoms with Crippen LogP contribution in [0.5, 0.6) is 5.75 Å². The van der Waals surface area contributed by atoms with Crippen LogP contribution >= 0.6 is 0 Å². The maximum atomic E-state index is 14.2. The molecule has 7 nitrogen and oxygen atoms in total. The molecule has 2 heterocycles. The Morgan fingerprint density at radius 2 is 1.97 bits per heavy atom. The van der Waals surface area contributed by atoms with Gasteiger partial charge in [0.25, 0.3) is 5.52 Å². The molecule has 0 saturated carbocycles. The summed E-state index contributed by atoms with van der Waals surface area (Å²) in [6.07, 6.45) is 3.67. The van der Waals surface area contributed by atoms with Gasteiger partial charge in [0, 0.05) is 24.0 Å². The van der Waals surface area contributed by atoms with Gasteiger partial charge in [0.1, 0.15) is 11.9 Å². The van der Waals surface area contributed by atoms with Crippen LogP contribution in [0.25, 0.3) is 16.6 Å². The molecule has 0 aliphatic heterocycles. The molecular weight excluding hydrogens is 408 g/mol. The zero-order valence-corrected chi connectivity index (χ0v) is 16.6. The van der Waals surface area contributed by atoms with Crippen molar-refractivity contribution in [1.29, 1.82) is 0 Å². The van der Waals surface area contributed by atoms with Crippen molar-refractivity contribution in [2.24, 2.45) is 0 Å². The van der Waals surface area contributed by atoms with Gasteiger partial charge in [-0.05, 0) is 43.3 Å². The average molecular weight is 425 g/mol. The molecule has 0 fully saturated rings. The molecule has 2 aromatic carbocycles. The lowest BCUT2D eigenvalue weighted by atomic mass is 10.0. The molecule has 0 aliphatic rings. The van der Waals surface area contributed by atoms with Crippen molar-refractivity contribution < 1.29 is 27.8 Å². The number of rotatable bonds is 5. The van der Waals surface area contributed by atoms with Gasteiger partial charge < -0.3 is 14.7 Å². The first kappa shape index (κ1) is 20.3. The molecule has 0 spiro atoms. The smallest absolute Gasteiger partial charge is 0.337 e. The van der Waals surface area contributed by atoms with Crippen molar-refractivity contribution in [2.45, 2.75) is 13.0 Å². The Labute approximate surface area is 175 Å². The Kier molecular flexibility index (Phi) is 5.24. The van der Waals surface area contributed by atoms with Crippen molar-refractivity contribution >= 4 is 16.9 Å². The summed E-state index contributed by atoms with van der Waals surface area (Å²) >= 11 is 0. The molecular formula is C22H17F2N3O4. The van der Waals surface area contributed by atoms with E-state index >= 15 is 0 Å². The van der Waals surface area contributed by atoms with Gasteiger partial charge in [0.05, 0.1) is 23.7 Å². The normalized spacial score (nSPS) is 12.0. The lowest BCUT2D eigenvalue weighted by molar-refractivity contribution is -0.578. The zero-order valence-electron chi connectivity index (χ0n) is 16.6. The first-order chi connectivity index (χ1) is 14.9. The van der Waals surface area contributed by atoms with Crippen LogP contribution in [-0.2, 0) is 4.74 Å². The number of fused-ring (bicyclic) bond motifs is 1. The lowest BCUT2D eigenvalue weighted by Gasteiger charge is -2.19. The Hall–Kier alpha value is -4.01. The number of aromatic nitrogens is 3. The summed E-state index contributed by atoms with van der Waals surface area (Å²) in [5.74, 6) is -2.07. The molecule has 0 amide bonds. The Balaban J connectivity index is 1.77. The molecule has 0 N–H and O–H groups in total. The maximum Gasteiger partial charge on any atom is 0.337 e. The molecule has 4 aromatic rings. The third-order valence-electron chi connectivity index (χ3n) is 4.82. The molecule has 0 radical (unpaired) electrons. The highest BCUT2D eigenvalue weighted by molar-refractivity contribution is 5.90. The molecule has 9 heteroatoms. The molecule has 158 valence electrons. The van der Waals surface area contributed by atoms with Crippen molar-refractivity contribution in [1.82, 2.24) is 9.78 Å². The number of pyridine rings is 1. The maximum absolute atomic E-state index is 14.2. The summed E-state index contributed by atoms with van der Waals surface area (Å²) in [5.41, 5.74) is 1.10. The van der Waals surface area contributed by atoms with Crippen LogP contribution in [0.1, 0.15) is 28.9 Å². The van der Waals surface area contributed by atoms with Crippen LogP contribution in [0.4, 0.5) is 8.78 Å². The second-order valence-corrected chi connectivity index (χ2v) is 6.77. The second kappa shape index (κ2) is 8.02. The van der Waals surface area contributed by atoms with Gasteiger partial charge in [-0.15, -0.1) is 0 Å². The van der Waals surface area contributed by atoms with E-state index in [-0.39, 0.29) is 15.9 Å². The van der Waals surface area contributed by atoms with Crippen LogP contribution in [-0.4, -0.2) is 22.9 Å². The van der Waals surface area contributed by atoms with Crippen molar-refractivity contribution in [3.63, 3.8) is 0 Å². The van der Waals surface area contributed by atoms with Crippen LogP contribution < -0.4 is 9.47 Å². The number of halogens is 2. The fourth-order valence-corrected chi connectivity index (χ4v) is 3.35. The first-order valence-electron chi connectivity index (χ1n) is 9.29. The van der Waals surface area contributed by atoms with E-state index in [4.69, 9.17) is 9.47 Å². The predicted molar refractivity (Wildman–Crippen MR) is 107 cm³/mol. The van der Waals surface area contributed by atoms with Gasteiger partial charge in [-0.2, -0.15) is 14.2 Å². The predicted octanol–water partition coefficient (Wildman–Crippen LogP) is 3.86. The van der Waals surface area contributed by atoms with Crippen LogP contribution in [0.15, 0.2) is 61.1 Å². The highest BCUT2D eigenvalue weighted by atomic mass is 19.1. The van der Waals surface area contributed by atoms with Gasteiger partial charge >= 0.3 is 5.97 Å². The van der Waals surface area contributed by atoms with Crippen molar-refractivity contribution in [2.75, 3.05) is 7.11 Å². The SMILES string of the molecule is COC(=O)c1ccc(-n2cccn2)c([C@H](C)Oc2cc3c(F)ccc(F)c3[n+]([O-])c2)c1. The molecule has 2 aromatic heterocycles. The highest BCUT2D eigenvalue weighted by Gasteiger charge is 2.21. The highest BCUT2D eigenvalue weighted by Crippen LogP contribution is 2.29. The number of carbonyl (C=O) groups is 1. The number of hydrogen-bond donors (Lipinski definition) is 0. The van der Waals surface area contributed by atoms with E-state index in [2.05, 4.69) is 5.10 Å². The van der Waals surface area contributed by atoms with E-state index < -0.39 is 29.2 Å². The van der Waals surface area contributed by atoms with E-state index in [1.165, 1.54) is 13.2 Å². The standard InChI is InChI=1S/C22H17F2N3O4/c1-13(31-15-11-17-18(23)5-6-19(24)21(17)27(29)12-15)16-10-14(22(28)30-2)4-7-20(16)26-9-3-8-25-26/h3-13H,1-2H3/t13-/m0/s1. The number of benzene rings is 2. The third-order valence-corrected chi connectivity index (χ3v) is 4.82. The number of carbonyl (C=O) groups excluding carboxylic acids is 1. The Bertz CT molecular complexity index is 1280. The number of ether oxygens (including phenoxy) is 2. The summed E-state index contributed by atoms with van der Waals surface area (Å²) in [7, 11) is 1.28. The van der Waals surface area contributed by atoms with Gasteiger partial charge in [-0.25, -0.2) is 13.9 Å². The minimum Gasteiger partial charge on any atom is -0.618 e. The van der Waals surface area contributed by atoms with E-state index in [1.54, 1.807) is 48.3 Å². The minimum absolute atomic E-state index is 0.0365. The van der Waals surface area contributed by atoms with Gasteiger partial charge in [-0.1, -0.05) is 0 Å². The van der Waals surface area contributed by atoms with Crippen molar-refractivity contribution in [3.8, 4) is 11.4 Å². The second-order valence-electron chi connectivity index (χ2n) is 6.77. The van der Waals surface area contributed by atoms with E-state index in [0.29, 0.717) is 16.8 Å². The van der Waals surface area contributed by atoms with Gasteiger partial charge in [-0.3, -0.25) is 0 Å². The fraction of sp³-hybridized carbons (Fsp3) is 0.136. The minimum atomic E-state index is -0.835. The Morgan fingerprint density at radius 3 is 2.68 bits per heavy atom. The fourth-order valence-electron chi connectivity index (χ4n) is 3.35. The molecule has 0 saturated heterocycles. The molecule has 31 heavy (non-hydrogen) atoms. The molecule has 4 rings (SSSR count). The zero-order chi connectivity index (χ0) is 22.1. The number of hydrogen-bond acceptors (Lipinski definition) is 5. The van der Waals surface area contributed by atoms with Crippen LogP contribution in [0.3, 0.4) is 0 Å². The summed E-state index contributed by atoms with van der Waals surface area (Å²) in [4.78, 5) is 12.0. The topological polar surface area (TPSA) is 80.3 Å². The monoisotopic (exact) mass is 425 g/mol. The Morgan fingerprint density at radius 1 is 1.19 bits per heavy atom. The summed E-state index contributed by atoms with van der Waals surface area (Å²) < 4.78 is 40.6.